The van der Waals surface area contributed by atoms with E-state index in [9.17, 15) is 9.90 Å². The molecule has 4 nitrogen and oxygen atoms in total. The van der Waals surface area contributed by atoms with E-state index in [0.29, 0.717) is 5.92 Å². The van der Waals surface area contributed by atoms with Crippen molar-refractivity contribution < 1.29 is 14.6 Å². The van der Waals surface area contributed by atoms with Crippen LogP contribution >= 0.6 is 0 Å². The van der Waals surface area contributed by atoms with Crippen LogP contribution in [0.25, 0.3) is 0 Å². The molecule has 106 valence electrons. The molecule has 0 heterocycles. The third kappa shape index (κ3) is 2.70. The summed E-state index contributed by atoms with van der Waals surface area (Å²) < 4.78 is 5.13. The number of alkyl carbamates (subject to hydrolysis) is 1. The average Bonchev–Trinajstić information content (AvgIpc) is 3.04. The molecule has 1 aromatic rings. The highest BCUT2D eigenvalue weighted by atomic mass is 16.5. The summed E-state index contributed by atoms with van der Waals surface area (Å²) in [7, 11) is 0. The molecule has 2 aliphatic carbocycles. The maximum Gasteiger partial charge on any atom is 0.407 e. The average molecular weight is 273 g/mol. The third-order valence-corrected chi connectivity index (χ3v) is 4.23. The summed E-state index contributed by atoms with van der Waals surface area (Å²) in [4.78, 5) is 11.7. The van der Waals surface area contributed by atoms with Crippen LogP contribution in [0.5, 0.6) is 0 Å². The van der Waals surface area contributed by atoms with Crippen LogP contribution in [0.2, 0.25) is 0 Å². The Labute approximate surface area is 118 Å². The summed E-state index contributed by atoms with van der Waals surface area (Å²) in [5.41, 5.74) is 0.148. The molecule has 20 heavy (non-hydrogen) atoms. The van der Waals surface area contributed by atoms with E-state index in [-0.39, 0.29) is 19.1 Å². The van der Waals surface area contributed by atoms with Gasteiger partial charge in [0.2, 0.25) is 0 Å². The molecule has 2 bridgehead atoms. The van der Waals surface area contributed by atoms with Gasteiger partial charge in [0.25, 0.3) is 0 Å². The maximum absolute atomic E-state index is 11.7. The maximum atomic E-state index is 11.7. The van der Waals surface area contributed by atoms with Gasteiger partial charge in [0.15, 0.2) is 0 Å². The molecule has 0 aliphatic heterocycles. The van der Waals surface area contributed by atoms with Crippen LogP contribution in [-0.4, -0.2) is 23.3 Å². The number of allylic oxidation sites excluding steroid dienone is 1. The van der Waals surface area contributed by atoms with E-state index in [1.807, 2.05) is 30.3 Å². The van der Waals surface area contributed by atoms with Gasteiger partial charge in [-0.05, 0) is 24.3 Å². The van der Waals surface area contributed by atoms with Crippen LogP contribution in [0.4, 0.5) is 4.79 Å². The first-order valence-electron chi connectivity index (χ1n) is 7.01. The molecule has 1 amide bonds. The van der Waals surface area contributed by atoms with Gasteiger partial charge in [-0.25, -0.2) is 4.79 Å². The second kappa shape index (κ2) is 5.29. The summed E-state index contributed by atoms with van der Waals surface area (Å²) in [6, 6.07) is 9.53. The molecule has 0 spiro atoms. The minimum atomic E-state index is -0.800. The molecular weight excluding hydrogens is 254 g/mol. The number of benzene rings is 1. The van der Waals surface area contributed by atoms with E-state index in [1.165, 1.54) is 0 Å². The summed E-state index contributed by atoms with van der Waals surface area (Å²) in [6.45, 7) is 0.503. The second-order valence-corrected chi connectivity index (χ2v) is 5.71. The van der Waals surface area contributed by atoms with Crippen molar-refractivity contribution in [3.05, 3.63) is 48.0 Å². The van der Waals surface area contributed by atoms with Crippen LogP contribution in [0.3, 0.4) is 0 Å². The Morgan fingerprint density at radius 1 is 1.35 bits per heavy atom. The number of fused-ring (bicyclic) bond motifs is 2. The lowest BCUT2D eigenvalue weighted by Gasteiger charge is -2.29. The lowest BCUT2D eigenvalue weighted by atomic mass is 9.88. The smallest absolute Gasteiger partial charge is 0.407 e. The van der Waals surface area contributed by atoms with Crippen molar-refractivity contribution in [2.45, 2.75) is 25.0 Å². The highest BCUT2D eigenvalue weighted by Crippen LogP contribution is 2.45. The van der Waals surface area contributed by atoms with E-state index in [4.69, 9.17) is 4.74 Å². The van der Waals surface area contributed by atoms with Crippen molar-refractivity contribution in [1.29, 1.82) is 0 Å². The normalized spacial score (nSPS) is 30.4. The van der Waals surface area contributed by atoms with Crippen molar-refractivity contribution in [1.82, 2.24) is 5.32 Å². The molecule has 1 saturated carbocycles. The Morgan fingerprint density at radius 3 is 2.80 bits per heavy atom. The third-order valence-electron chi connectivity index (χ3n) is 4.23. The zero-order valence-corrected chi connectivity index (χ0v) is 11.3. The fourth-order valence-electron chi connectivity index (χ4n) is 3.13. The van der Waals surface area contributed by atoms with Crippen molar-refractivity contribution in [3.8, 4) is 0 Å². The number of amides is 1. The van der Waals surface area contributed by atoms with E-state index in [1.54, 1.807) is 0 Å². The van der Waals surface area contributed by atoms with E-state index < -0.39 is 11.7 Å². The van der Waals surface area contributed by atoms with Crippen LogP contribution in [0.1, 0.15) is 18.4 Å². The predicted molar refractivity (Wildman–Crippen MR) is 74.9 cm³/mol. The lowest BCUT2D eigenvalue weighted by molar-refractivity contribution is 0.0143. The molecule has 0 radical (unpaired) electrons. The van der Waals surface area contributed by atoms with Gasteiger partial charge in [-0.15, -0.1) is 0 Å². The molecule has 0 aromatic heterocycles. The van der Waals surface area contributed by atoms with Gasteiger partial charge in [0, 0.05) is 5.92 Å². The molecule has 4 heteroatoms. The van der Waals surface area contributed by atoms with Crippen molar-refractivity contribution >= 4 is 6.09 Å². The number of nitrogens with one attached hydrogen (secondary N) is 1. The van der Waals surface area contributed by atoms with E-state index in [2.05, 4.69) is 17.5 Å². The lowest BCUT2D eigenvalue weighted by Crippen LogP contribution is -2.45. The SMILES string of the molecule is O=C(NC[C@]1(O)C[C@@H]2C=C[C@H]1C2)OCc1ccccc1. The van der Waals surface area contributed by atoms with Crippen LogP contribution in [-0.2, 0) is 11.3 Å². The highest BCUT2D eigenvalue weighted by molar-refractivity contribution is 5.67. The minimum absolute atomic E-state index is 0.168. The largest absolute Gasteiger partial charge is 0.445 e. The van der Waals surface area contributed by atoms with Gasteiger partial charge in [0.1, 0.15) is 6.61 Å². The molecule has 0 unspecified atom stereocenters. The first-order chi connectivity index (χ1) is 9.66. The van der Waals surface area contributed by atoms with Crippen molar-refractivity contribution in [3.63, 3.8) is 0 Å². The monoisotopic (exact) mass is 273 g/mol. The summed E-state index contributed by atoms with van der Waals surface area (Å²) in [5.74, 6) is 0.633. The Bertz CT molecular complexity index is 514. The fourth-order valence-corrected chi connectivity index (χ4v) is 3.13. The molecule has 1 fully saturated rings. The second-order valence-electron chi connectivity index (χ2n) is 5.71. The van der Waals surface area contributed by atoms with Crippen LogP contribution < -0.4 is 5.32 Å². The van der Waals surface area contributed by atoms with E-state index >= 15 is 0 Å². The molecule has 2 N–H and O–H groups in total. The molecular formula is C16H19NO3. The van der Waals surface area contributed by atoms with Gasteiger partial charge >= 0.3 is 6.09 Å². The van der Waals surface area contributed by atoms with Crippen LogP contribution in [0.15, 0.2) is 42.5 Å². The molecule has 3 atom stereocenters. The first kappa shape index (κ1) is 13.2. The quantitative estimate of drug-likeness (QED) is 0.827. The van der Waals surface area contributed by atoms with Crippen molar-refractivity contribution in [2.24, 2.45) is 11.8 Å². The summed E-state index contributed by atoms with van der Waals surface area (Å²) in [6.07, 6.45) is 5.47. The number of ether oxygens (including phenoxy) is 1. The highest BCUT2D eigenvalue weighted by Gasteiger charge is 2.47. The number of hydrogen-bond donors (Lipinski definition) is 2. The zero-order valence-electron chi connectivity index (χ0n) is 11.3. The Balaban J connectivity index is 1.45. The summed E-state index contributed by atoms with van der Waals surface area (Å²) in [5, 5.41) is 13.2. The number of carbonyl (C=O) groups excluding carboxylic acids is 1. The first-order valence-corrected chi connectivity index (χ1v) is 7.01. The van der Waals surface area contributed by atoms with Gasteiger partial charge in [-0.2, -0.15) is 0 Å². The summed E-state index contributed by atoms with van der Waals surface area (Å²) >= 11 is 0. The minimum Gasteiger partial charge on any atom is -0.445 e. The van der Waals surface area contributed by atoms with E-state index in [0.717, 1.165) is 18.4 Å². The van der Waals surface area contributed by atoms with Crippen molar-refractivity contribution in [2.75, 3.05) is 6.54 Å². The van der Waals surface area contributed by atoms with Gasteiger partial charge < -0.3 is 15.2 Å². The van der Waals surface area contributed by atoms with Gasteiger partial charge in [-0.3, -0.25) is 0 Å². The van der Waals surface area contributed by atoms with Crippen LogP contribution in [0, 0.1) is 11.8 Å². The van der Waals surface area contributed by atoms with Gasteiger partial charge in [-0.1, -0.05) is 42.5 Å². The number of rotatable bonds is 4. The molecule has 3 rings (SSSR count). The number of aliphatic hydroxyl groups is 1. The standard InChI is InChI=1S/C16H19NO3/c18-15(20-10-12-4-2-1-3-5-12)17-11-16(19)9-13-6-7-14(16)8-13/h1-7,13-14,19H,8-11H2,(H,17,18)/t13-,14+,16-/m1/s1. The Morgan fingerprint density at radius 2 is 2.15 bits per heavy atom. The molecule has 1 aromatic carbocycles. The number of hydrogen-bond acceptors (Lipinski definition) is 3. The molecule has 2 aliphatic rings. The van der Waals surface area contributed by atoms with Gasteiger partial charge in [0.05, 0.1) is 12.1 Å². The topological polar surface area (TPSA) is 58.6 Å². The fraction of sp³-hybridized carbons (Fsp3) is 0.438. The molecule has 0 saturated heterocycles. The Hall–Kier alpha value is -1.81. The number of carbonyl (C=O) groups is 1. The Kier molecular flexibility index (Phi) is 3.49. The predicted octanol–water partition coefficient (Wildman–Crippen LogP) is 2.24. The zero-order chi connectivity index (χ0) is 14.0.